The molecule has 0 saturated carbocycles. The normalized spacial score (nSPS) is 10.6. The van der Waals surface area contributed by atoms with Gasteiger partial charge in [0, 0.05) is 5.56 Å². The zero-order valence-electron chi connectivity index (χ0n) is 10.6. The van der Waals surface area contributed by atoms with Crippen LogP contribution >= 0.6 is 24.0 Å². The van der Waals surface area contributed by atoms with Crippen molar-refractivity contribution in [3.63, 3.8) is 0 Å². The lowest BCUT2D eigenvalue weighted by molar-refractivity contribution is -0.646. The maximum Gasteiger partial charge on any atom is 0.270 e. The molecule has 0 saturated heterocycles. The van der Waals surface area contributed by atoms with Crippen LogP contribution in [0, 0.1) is 0 Å². The van der Waals surface area contributed by atoms with E-state index in [-0.39, 0.29) is 0 Å². The van der Waals surface area contributed by atoms with Gasteiger partial charge in [-0.15, -0.1) is 12.6 Å². The third kappa shape index (κ3) is 2.31. The molecule has 1 heterocycles. The van der Waals surface area contributed by atoms with Crippen LogP contribution in [0.5, 0.6) is 0 Å². The zero-order chi connectivity index (χ0) is 13.2. The summed E-state index contributed by atoms with van der Waals surface area (Å²) in [5, 5.41) is 1.23. The van der Waals surface area contributed by atoms with E-state index in [0.717, 1.165) is 4.21 Å². The monoisotopic (exact) mass is 284 g/mol. The van der Waals surface area contributed by atoms with Gasteiger partial charge in [-0.3, -0.25) is 0 Å². The first-order chi connectivity index (χ1) is 9.27. The van der Waals surface area contributed by atoms with Crippen LogP contribution < -0.4 is 4.57 Å². The molecule has 3 rings (SSSR count). The molecule has 0 spiro atoms. The van der Waals surface area contributed by atoms with Crippen LogP contribution in [0.1, 0.15) is 0 Å². The van der Waals surface area contributed by atoms with Crippen molar-refractivity contribution in [1.29, 1.82) is 0 Å². The van der Waals surface area contributed by atoms with Gasteiger partial charge in [0.1, 0.15) is 11.3 Å². The van der Waals surface area contributed by atoms with Crippen molar-refractivity contribution >= 4 is 24.0 Å². The number of thiol groups is 1. The summed E-state index contributed by atoms with van der Waals surface area (Å²) < 4.78 is 3.27. The Bertz CT molecular complexity index is 688. The molecular formula is C16H14NS2+. The summed E-state index contributed by atoms with van der Waals surface area (Å²) in [7, 11) is 2.10. The predicted molar refractivity (Wildman–Crippen MR) is 83.6 cm³/mol. The highest BCUT2D eigenvalue weighted by Gasteiger charge is 2.23. The fraction of sp³-hybridized carbons (Fsp3) is 0.0625. The maximum atomic E-state index is 4.65. The second kappa shape index (κ2) is 5.19. The molecule has 0 aliphatic heterocycles. The van der Waals surface area contributed by atoms with E-state index in [2.05, 4.69) is 72.8 Å². The van der Waals surface area contributed by atoms with Gasteiger partial charge in [0.15, 0.2) is 0 Å². The molecule has 0 atom stereocenters. The van der Waals surface area contributed by atoms with Gasteiger partial charge >= 0.3 is 0 Å². The summed E-state index contributed by atoms with van der Waals surface area (Å²) in [6.07, 6.45) is 0. The standard InChI is InChI=1S/C16H13NS2/c1-17-14(12-8-4-2-5-9-12)16(18)19-15(17)13-10-6-3-7-11-13/h2-11H,1H3/p+1. The number of nitrogens with zero attached hydrogens (tertiary/aromatic N) is 1. The van der Waals surface area contributed by atoms with Gasteiger partial charge in [-0.2, -0.15) is 4.57 Å². The Labute approximate surface area is 122 Å². The number of hydrogen-bond donors (Lipinski definition) is 1. The quantitative estimate of drug-likeness (QED) is 0.531. The summed E-state index contributed by atoms with van der Waals surface area (Å²) in [4.78, 5) is 0. The molecule has 3 aromatic rings. The summed E-state index contributed by atoms with van der Waals surface area (Å²) in [5.41, 5.74) is 3.61. The van der Waals surface area contributed by atoms with Gasteiger partial charge in [0.05, 0.1) is 5.56 Å². The minimum atomic E-state index is 1.05. The predicted octanol–water partition coefficient (Wildman–Crippen LogP) is 4.20. The molecule has 2 aromatic carbocycles. The minimum Gasteiger partial charge on any atom is -0.183 e. The molecule has 3 heteroatoms. The Morgan fingerprint density at radius 2 is 1.37 bits per heavy atom. The first-order valence-corrected chi connectivity index (χ1v) is 7.36. The van der Waals surface area contributed by atoms with E-state index in [1.807, 2.05) is 12.1 Å². The Morgan fingerprint density at radius 3 is 1.95 bits per heavy atom. The Hall–Kier alpha value is -1.58. The van der Waals surface area contributed by atoms with Crippen LogP contribution in [0.15, 0.2) is 64.9 Å². The largest absolute Gasteiger partial charge is 0.270 e. The number of aromatic nitrogens is 1. The third-order valence-corrected chi connectivity index (χ3v) is 4.68. The zero-order valence-corrected chi connectivity index (χ0v) is 12.3. The van der Waals surface area contributed by atoms with Crippen LogP contribution in [-0.2, 0) is 7.05 Å². The Morgan fingerprint density at radius 1 is 0.842 bits per heavy atom. The number of benzene rings is 2. The lowest BCUT2D eigenvalue weighted by Gasteiger charge is -1.97. The van der Waals surface area contributed by atoms with E-state index in [1.54, 1.807) is 11.3 Å². The average molecular weight is 284 g/mol. The summed E-state index contributed by atoms with van der Waals surface area (Å²) in [6, 6.07) is 20.8. The molecule has 0 bridgehead atoms. The second-order valence-electron chi connectivity index (χ2n) is 4.35. The first-order valence-electron chi connectivity index (χ1n) is 6.10. The Kier molecular flexibility index (Phi) is 3.40. The third-order valence-electron chi connectivity index (χ3n) is 3.10. The van der Waals surface area contributed by atoms with E-state index >= 15 is 0 Å². The number of thiazole rings is 1. The highest BCUT2D eigenvalue weighted by molar-refractivity contribution is 7.83. The first kappa shape index (κ1) is 12.5. The highest BCUT2D eigenvalue weighted by Crippen LogP contribution is 2.33. The fourth-order valence-electron chi connectivity index (χ4n) is 2.20. The summed E-state index contributed by atoms with van der Waals surface area (Å²) in [6.45, 7) is 0. The number of hydrogen-bond acceptors (Lipinski definition) is 2. The molecule has 0 N–H and O–H groups in total. The molecule has 1 nitrogen and oxygen atoms in total. The molecule has 0 unspecified atom stereocenters. The maximum absolute atomic E-state index is 4.65. The fourth-order valence-corrected chi connectivity index (χ4v) is 3.76. The van der Waals surface area contributed by atoms with Crippen LogP contribution in [0.4, 0.5) is 0 Å². The van der Waals surface area contributed by atoms with Gasteiger partial charge < -0.3 is 0 Å². The van der Waals surface area contributed by atoms with E-state index in [1.165, 1.54) is 21.8 Å². The molecule has 0 radical (unpaired) electrons. The molecule has 94 valence electrons. The Balaban J connectivity index is 2.17. The minimum absolute atomic E-state index is 1.05. The van der Waals surface area contributed by atoms with Gasteiger partial charge in [0.2, 0.25) is 5.69 Å². The molecule has 1 aromatic heterocycles. The van der Waals surface area contributed by atoms with Crippen molar-refractivity contribution in [1.82, 2.24) is 0 Å². The van der Waals surface area contributed by atoms with Gasteiger partial charge in [-0.1, -0.05) is 47.7 Å². The van der Waals surface area contributed by atoms with Crippen LogP contribution in [0.3, 0.4) is 0 Å². The van der Waals surface area contributed by atoms with Crippen molar-refractivity contribution in [2.45, 2.75) is 4.21 Å². The van der Waals surface area contributed by atoms with E-state index < -0.39 is 0 Å². The second-order valence-corrected chi connectivity index (χ2v) is 6.10. The van der Waals surface area contributed by atoms with Crippen molar-refractivity contribution in [2.24, 2.45) is 7.05 Å². The van der Waals surface area contributed by atoms with Crippen molar-refractivity contribution < 1.29 is 4.57 Å². The lowest BCUT2D eigenvalue weighted by atomic mass is 10.1. The summed E-state index contributed by atoms with van der Waals surface area (Å²) >= 11 is 6.36. The number of rotatable bonds is 2. The van der Waals surface area contributed by atoms with E-state index in [4.69, 9.17) is 0 Å². The SMILES string of the molecule is C[n+]1c(-c2ccccc2)sc(S)c1-c1ccccc1. The van der Waals surface area contributed by atoms with Crippen LogP contribution in [-0.4, -0.2) is 0 Å². The molecule has 19 heavy (non-hydrogen) atoms. The van der Waals surface area contributed by atoms with Gasteiger partial charge in [-0.25, -0.2) is 0 Å². The lowest BCUT2D eigenvalue weighted by Crippen LogP contribution is -2.30. The van der Waals surface area contributed by atoms with Crippen molar-refractivity contribution in [3.8, 4) is 21.8 Å². The smallest absolute Gasteiger partial charge is 0.183 e. The van der Waals surface area contributed by atoms with E-state index in [9.17, 15) is 0 Å². The summed E-state index contributed by atoms with van der Waals surface area (Å²) in [5.74, 6) is 0. The molecule has 0 amide bonds. The van der Waals surface area contributed by atoms with Crippen LogP contribution in [0.25, 0.3) is 21.8 Å². The topological polar surface area (TPSA) is 3.88 Å². The molecular weight excluding hydrogens is 270 g/mol. The van der Waals surface area contributed by atoms with Gasteiger partial charge in [0.25, 0.3) is 5.01 Å². The van der Waals surface area contributed by atoms with Crippen LogP contribution in [0.2, 0.25) is 0 Å². The van der Waals surface area contributed by atoms with E-state index in [0.29, 0.717) is 0 Å². The molecule has 0 aliphatic carbocycles. The van der Waals surface area contributed by atoms with Gasteiger partial charge in [-0.05, 0) is 24.3 Å². The average Bonchev–Trinajstić information content (AvgIpc) is 2.76. The van der Waals surface area contributed by atoms with Crippen molar-refractivity contribution in [3.05, 3.63) is 60.7 Å². The molecule has 0 aliphatic rings. The molecule has 0 fully saturated rings. The van der Waals surface area contributed by atoms with Crippen molar-refractivity contribution in [2.75, 3.05) is 0 Å². The highest BCUT2D eigenvalue weighted by atomic mass is 32.2.